The molecule has 0 amide bonds. The van der Waals surface area contributed by atoms with Crippen LogP contribution in [-0.4, -0.2) is 29.8 Å². The highest BCUT2D eigenvalue weighted by Gasteiger charge is 2.21. The van der Waals surface area contributed by atoms with Crippen LogP contribution in [0, 0.1) is 0 Å². The molecule has 0 aromatic rings. The van der Waals surface area contributed by atoms with Crippen LogP contribution in [0.1, 0.15) is 39.5 Å². The van der Waals surface area contributed by atoms with E-state index in [1.165, 1.54) is 12.8 Å². The van der Waals surface area contributed by atoms with E-state index >= 15 is 0 Å². The molecule has 0 unspecified atom stereocenters. The molecule has 94 valence electrons. The number of unbranched alkanes of at least 4 members (excludes halogenated alkanes) is 3. The summed E-state index contributed by atoms with van der Waals surface area (Å²) in [6.07, 6.45) is 6.80. The Bertz CT molecular complexity index is 216. The van der Waals surface area contributed by atoms with Gasteiger partial charge in [-0.05, 0) is 19.8 Å². The minimum absolute atomic E-state index is 0.277. The molecular formula is C12H23NO3. The quantitative estimate of drug-likeness (QED) is 0.374. The number of carbonyl (C=O) groups excluding carboxylic acids is 1. The molecule has 0 aromatic heterocycles. The first-order valence-electron chi connectivity index (χ1n) is 5.90. The van der Waals surface area contributed by atoms with E-state index < -0.39 is 18.1 Å². The Morgan fingerprint density at radius 2 is 2.12 bits per heavy atom. The summed E-state index contributed by atoms with van der Waals surface area (Å²) in [5.74, 6) is -0.562. The number of carbonyl (C=O) groups is 1. The molecule has 0 saturated carbocycles. The second kappa shape index (κ2) is 9.36. The Morgan fingerprint density at radius 1 is 1.44 bits per heavy atom. The molecule has 2 atom stereocenters. The van der Waals surface area contributed by atoms with Crippen molar-refractivity contribution >= 4 is 5.97 Å². The van der Waals surface area contributed by atoms with Crippen LogP contribution in [0.25, 0.3) is 0 Å². The van der Waals surface area contributed by atoms with Crippen LogP contribution < -0.4 is 5.73 Å². The summed E-state index contributed by atoms with van der Waals surface area (Å²) < 4.78 is 4.71. The van der Waals surface area contributed by atoms with Crippen LogP contribution >= 0.6 is 0 Å². The summed E-state index contributed by atoms with van der Waals surface area (Å²) in [6.45, 7) is 4.12. The maximum atomic E-state index is 11.2. The summed E-state index contributed by atoms with van der Waals surface area (Å²) in [7, 11) is 0. The van der Waals surface area contributed by atoms with Crippen molar-refractivity contribution in [1.29, 1.82) is 0 Å². The third kappa shape index (κ3) is 6.58. The number of hydrogen-bond acceptors (Lipinski definition) is 4. The molecule has 0 bridgehead atoms. The molecule has 0 aromatic carbocycles. The molecule has 16 heavy (non-hydrogen) atoms. The first-order chi connectivity index (χ1) is 7.63. The fourth-order valence-corrected chi connectivity index (χ4v) is 1.25. The lowest BCUT2D eigenvalue weighted by atomic mass is 10.1. The van der Waals surface area contributed by atoms with E-state index in [1.54, 1.807) is 13.0 Å². The van der Waals surface area contributed by atoms with Gasteiger partial charge in [0.05, 0.1) is 12.7 Å². The van der Waals surface area contributed by atoms with Crippen molar-refractivity contribution in [2.24, 2.45) is 5.73 Å². The molecule has 4 heteroatoms. The van der Waals surface area contributed by atoms with Crippen LogP contribution in [-0.2, 0) is 9.53 Å². The predicted molar refractivity (Wildman–Crippen MR) is 63.9 cm³/mol. The summed E-state index contributed by atoms with van der Waals surface area (Å²) in [4.78, 5) is 11.2. The number of ether oxygens (including phenoxy) is 1. The van der Waals surface area contributed by atoms with Gasteiger partial charge in [-0.2, -0.15) is 0 Å². The molecule has 0 saturated heterocycles. The number of esters is 1. The Morgan fingerprint density at radius 3 is 2.69 bits per heavy atom. The van der Waals surface area contributed by atoms with E-state index in [0.717, 1.165) is 12.8 Å². The number of aliphatic hydroxyl groups is 1. The van der Waals surface area contributed by atoms with Crippen LogP contribution in [0.3, 0.4) is 0 Å². The molecule has 3 N–H and O–H groups in total. The molecular weight excluding hydrogens is 206 g/mol. The maximum absolute atomic E-state index is 11.2. The number of allylic oxidation sites excluding steroid dienone is 1. The van der Waals surface area contributed by atoms with E-state index in [9.17, 15) is 9.90 Å². The lowest BCUT2D eigenvalue weighted by Gasteiger charge is -2.13. The van der Waals surface area contributed by atoms with E-state index in [2.05, 4.69) is 6.92 Å². The van der Waals surface area contributed by atoms with Crippen molar-refractivity contribution in [2.45, 2.75) is 51.7 Å². The summed E-state index contributed by atoms with van der Waals surface area (Å²) in [6, 6.07) is -0.984. The highest BCUT2D eigenvalue weighted by molar-refractivity contribution is 5.76. The van der Waals surface area contributed by atoms with Gasteiger partial charge in [0.2, 0.25) is 0 Å². The molecule has 0 radical (unpaired) electrons. The first-order valence-corrected chi connectivity index (χ1v) is 5.90. The molecule has 0 rings (SSSR count). The topological polar surface area (TPSA) is 72.5 Å². The third-order valence-corrected chi connectivity index (χ3v) is 2.23. The van der Waals surface area contributed by atoms with E-state index in [-0.39, 0.29) is 6.61 Å². The first kappa shape index (κ1) is 15.1. The minimum Gasteiger partial charge on any atom is -0.465 e. The number of rotatable bonds is 8. The van der Waals surface area contributed by atoms with Crippen molar-refractivity contribution in [3.05, 3.63) is 12.2 Å². The highest BCUT2D eigenvalue weighted by atomic mass is 16.5. The van der Waals surface area contributed by atoms with Crippen molar-refractivity contribution in [1.82, 2.24) is 0 Å². The predicted octanol–water partition coefficient (Wildman–Crippen LogP) is 1.37. The molecule has 0 aliphatic carbocycles. The van der Waals surface area contributed by atoms with Crippen LogP contribution in [0.15, 0.2) is 12.2 Å². The van der Waals surface area contributed by atoms with Crippen molar-refractivity contribution in [3.8, 4) is 0 Å². The van der Waals surface area contributed by atoms with Gasteiger partial charge >= 0.3 is 5.97 Å². The largest absolute Gasteiger partial charge is 0.465 e. The van der Waals surface area contributed by atoms with Gasteiger partial charge in [0.15, 0.2) is 0 Å². The van der Waals surface area contributed by atoms with Gasteiger partial charge in [-0.3, -0.25) is 4.79 Å². The van der Waals surface area contributed by atoms with E-state index in [4.69, 9.17) is 10.5 Å². The SMILES string of the molecule is CCCCC/C=C/[C@H](O)[C@H](N)C(=O)OCC. The Kier molecular flexibility index (Phi) is 8.85. The van der Waals surface area contributed by atoms with Crippen molar-refractivity contribution in [3.63, 3.8) is 0 Å². The Balaban J connectivity index is 3.85. The number of aliphatic hydroxyl groups excluding tert-OH is 1. The van der Waals surface area contributed by atoms with Gasteiger partial charge in [0.25, 0.3) is 0 Å². The van der Waals surface area contributed by atoms with Gasteiger partial charge in [-0.1, -0.05) is 31.9 Å². The van der Waals surface area contributed by atoms with Crippen LogP contribution in [0.2, 0.25) is 0 Å². The van der Waals surface area contributed by atoms with Gasteiger partial charge in [-0.15, -0.1) is 0 Å². The van der Waals surface area contributed by atoms with E-state index in [1.807, 2.05) is 6.08 Å². The molecule has 4 nitrogen and oxygen atoms in total. The smallest absolute Gasteiger partial charge is 0.325 e. The van der Waals surface area contributed by atoms with E-state index in [0.29, 0.717) is 0 Å². The summed E-state index contributed by atoms with van der Waals surface area (Å²) >= 11 is 0. The fourth-order valence-electron chi connectivity index (χ4n) is 1.25. The fraction of sp³-hybridized carbons (Fsp3) is 0.750. The maximum Gasteiger partial charge on any atom is 0.325 e. The zero-order valence-electron chi connectivity index (χ0n) is 10.2. The molecule has 0 spiro atoms. The second-order valence-electron chi connectivity index (χ2n) is 3.69. The Labute approximate surface area is 97.5 Å². The van der Waals surface area contributed by atoms with Crippen molar-refractivity contribution < 1.29 is 14.6 Å². The molecule has 0 fully saturated rings. The van der Waals surface area contributed by atoms with Gasteiger partial charge in [0.1, 0.15) is 6.04 Å². The normalized spacial score (nSPS) is 15.0. The van der Waals surface area contributed by atoms with Gasteiger partial charge in [-0.25, -0.2) is 0 Å². The second-order valence-corrected chi connectivity index (χ2v) is 3.69. The van der Waals surface area contributed by atoms with Crippen LogP contribution in [0.4, 0.5) is 0 Å². The third-order valence-electron chi connectivity index (χ3n) is 2.23. The average Bonchev–Trinajstić information content (AvgIpc) is 2.27. The number of hydrogen-bond donors (Lipinski definition) is 2. The Hall–Kier alpha value is -0.870. The highest BCUT2D eigenvalue weighted by Crippen LogP contribution is 2.02. The van der Waals surface area contributed by atoms with Crippen molar-refractivity contribution in [2.75, 3.05) is 6.61 Å². The lowest BCUT2D eigenvalue weighted by molar-refractivity contribution is -0.146. The monoisotopic (exact) mass is 229 g/mol. The lowest BCUT2D eigenvalue weighted by Crippen LogP contribution is -2.42. The summed E-state index contributed by atoms with van der Waals surface area (Å²) in [5, 5.41) is 9.56. The van der Waals surface area contributed by atoms with Gasteiger partial charge in [0, 0.05) is 0 Å². The zero-order valence-corrected chi connectivity index (χ0v) is 10.2. The van der Waals surface area contributed by atoms with Gasteiger partial charge < -0.3 is 15.6 Å². The average molecular weight is 229 g/mol. The molecule has 0 heterocycles. The van der Waals surface area contributed by atoms with Crippen LogP contribution in [0.5, 0.6) is 0 Å². The molecule has 0 aliphatic heterocycles. The number of nitrogens with two attached hydrogens (primary N) is 1. The zero-order chi connectivity index (χ0) is 12.4. The summed E-state index contributed by atoms with van der Waals surface area (Å²) in [5.41, 5.74) is 5.51. The molecule has 0 aliphatic rings. The standard InChI is InChI=1S/C12H23NO3/c1-3-5-6-7-8-9-10(14)11(13)12(15)16-4-2/h8-11,14H,3-7,13H2,1-2H3/b9-8+/t10-,11-/m0/s1. The minimum atomic E-state index is -0.984.